The second-order valence-electron chi connectivity index (χ2n) is 8.14. The average Bonchev–Trinajstić information content (AvgIpc) is 3.31. The standard InChI is InChI=1S/C25H32N4O3/c1-27(19-22-18-24(26-32-22)23-6-4-5-7-25(23)31-3)12-13-28-14-16-29(17-15-28)20-8-10-21(30-2)11-9-20/h4-11,18H,12-17,19H2,1-3H3. The fraction of sp³-hybridized carbons (Fsp3) is 0.400. The number of piperazine rings is 1. The van der Waals surface area contributed by atoms with Crippen molar-refractivity contribution in [1.82, 2.24) is 15.0 Å². The van der Waals surface area contributed by atoms with E-state index in [1.165, 1.54) is 5.69 Å². The number of benzene rings is 2. The summed E-state index contributed by atoms with van der Waals surface area (Å²) in [4.78, 5) is 7.24. The van der Waals surface area contributed by atoms with Crippen LogP contribution in [0.25, 0.3) is 11.3 Å². The van der Waals surface area contributed by atoms with Crippen molar-refractivity contribution in [2.75, 3.05) is 65.4 Å². The van der Waals surface area contributed by atoms with Crippen molar-refractivity contribution in [2.45, 2.75) is 6.54 Å². The summed E-state index contributed by atoms with van der Waals surface area (Å²) in [5.74, 6) is 2.56. The van der Waals surface area contributed by atoms with Crippen LogP contribution in [0.4, 0.5) is 5.69 Å². The van der Waals surface area contributed by atoms with Gasteiger partial charge in [-0.2, -0.15) is 0 Å². The molecule has 0 saturated carbocycles. The van der Waals surface area contributed by atoms with E-state index in [9.17, 15) is 0 Å². The van der Waals surface area contributed by atoms with Crippen molar-refractivity contribution in [3.63, 3.8) is 0 Å². The van der Waals surface area contributed by atoms with Gasteiger partial charge in [-0.05, 0) is 43.4 Å². The van der Waals surface area contributed by atoms with Gasteiger partial charge in [0.25, 0.3) is 0 Å². The summed E-state index contributed by atoms with van der Waals surface area (Å²) in [5, 5.41) is 4.24. The summed E-state index contributed by atoms with van der Waals surface area (Å²) in [6.07, 6.45) is 0. The van der Waals surface area contributed by atoms with Crippen LogP contribution in [0.15, 0.2) is 59.1 Å². The fourth-order valence-electron chi connectivity index (χ4n) is 4.05. The molecule has 1 aliphatic heterocycles. The number of nitrogens with zero attached hydrogens (tertiary/aromatic N) is 4. The molecule has 0 unspecified atom stereocenters. The molecule has 3 aromatic rings. The number of hydrogen-bond acceptors (Lipinski definition) is 7. The molecule has 0 bridgehead atoms. The van der Waals surface area contributed by atoms with Gasteiger partial charge < -0.3 is 18.9 Å². The van der Waals surface area contributed by atoms with E-state index in [0.717, 1.165) is 74.3 Å². The Kier molecular flexibility index (Phi) is 7.29. The first-order valence-electron chi connectivity index (χ1n) is 11.0. The van der Waals surface area contributed by atoms with E-state index < -0.39 is 0 Å². The molecule has 1 saturated heterocycles. The van der Waals surface area contributed by atoms with Gasteiger partial charge in [-0.15, -0.1) is 0 Å². The molecule has 7 heteroatoms. The van der Waals surface area contributed by atoms with Gasteiger partial charge in [0.1, 0.15) is 17.2 Å². The smallest absolute Gasteiger partial charge is 0.151 e. The van der Waals surface area contributed by atoms with Crippen molar-refractivity contribution in [3.05, 3.63) is 60.4 Å². The molecule has 4 rings (SSSR count). The zero-order valence-electron chi connectivity index (χ0n) is 19.2. The van der Waals surface area contributed by atoms with Crippen molar-refractivity contribution in [3.8, 4) is 22.8 Å². The maximum atomic E-state index is 5.58. The van der Waals surface area contributed by atoms with Crippen LogP contribution >= 0.6 is 0 Å². The molecule has 0 aliphatic carbocycles. The zero-order valence-corrected chi connectivity index (χ0v) is 19.2. The van der Waals surface area contributed by atoms with Gasteiger partial charge in [0.15, 0.2) is 5.76 Å². The minimum Gasteiger partial charge on any atom is -0.497 e. The predicted octanol–water partition coefficient (Wildman–Crippen LogP) is 3.61. The first-order valence-corrected chi connectivity index (χ1v) is 11.0. The predicted molar refractivity (Wildman–Crippen MR) is 126 cm³/mol. The Morgan fingerprint density at radius 2 is 1.72 bits per heavy atom. The monoisotopic (exact) mass is 436 g/mol. The van der Waals surface area contributed by atoms with Gasteiger partial charge >= 0.3 is 0 Å². The first kappa shape index (κ1) is 22.2. The van der Waals surface area contributed by atoms with Gasteiger partial charge in [0.2, 0.25) is 0 Å². The number of ether oxygens (including phenoxy) is 2. The lowest BCUT2D eigenvalue weighted by Crippen LogP contribution is -2.48. The highest BCUT2D eigenvalue weighted by molar-refractivity contribution is 5.66. The number of likely N-dealkylation sites (N-methyl/N-ethyl adjacent to an activating group) is 1. The van der Waals surface area contributed by atoms with Gasteiger partial charge in [-0.25, -0.2) is 0 Å². The van der Waals surface area contributed by atoms with E-state index in [0.29, 0.717) is 0 Å². The van der Waals surface area contributed by atoms with Crippen molar-refractivity contribution in [1.29, 1.82) is 0 Å². The van der Waals surface area contributed by atoms with Crippen molar-refractivity contribution < 1.29 is 14.0 Å². The van der Waals surface area contributed by atoms with E-state index in [-0.39, 0.29) is 0 Å². The Balaban J connectivity index is 1.23. The van der Waals surface area contributed by atoms with Crippen LogP contribution in [-0.2, 0) is 6.54 Å². The molecule has 7 nitrogen and oxygen atoms in total. The first-order chi connectivity index (χ1) is 15.7. The molecule has 0 radical (unpaired) electrons. The van der Waals surface area contributed by atoms with Crippen molar-refractivity contribution in [2.24, 2.45) is 0 Å². The Hall–Kier alpha value is -3.03. The summed E-state index contributed by atoms with van der Waals surface area (Å²) >= 11 is 0. The van der Waals surface area contributed by atoms with E-state index >= 15 is 0 Å². The highest BCUT2D eigenvalue weighted by atomic mass is 16.5. The molecule has 2 aromatic carbocycles. The maximum absolute atomic E-state index is 5.58. The van der Waals surface area contributed by atoms with Gasteiger partial charge in [-0.1, -0.05) is 17.3 Å². The molecule has 1 fully saturated rings. The van der Waals surface area contributed by atoms with Gasteiger partial charge in [0, 0.05) is 56.6 Å². The Morgan fingerprint density at radius 1 is 0.969 bits per heavy atom. The van der Waals surface area contributed by atoms with Crippen LogP contribution in [0.3, 0.4) is 0 Å². The largest absolute Gasteiger partial charge is 0.497 e. The van der Waals surface area contributed by atoms with Crippen LogP contribution < -0.4 is 14.4 Å². The molecule has 0 amide bonds. The number of methoxy groups -OCH3 is 2. The van der Waals surface area contributed by atoms with Gasteiger partial charge in [-0.3, -0.25) is 9.80 Å². The summed E-state index contributed by atoms with van der Waals surface area (Å²) in [6.45, 7) is 6.97. The Morgan fingerprint density at radius 3 is 2.44 bits per heavy atom. The van der Waals surface area contributed by atoms with Crippen molar-refractivity contribution >= 4 is 5.69 Å². The van der Waals surface area contributed by atoms with Gasteiger partial charge in [0.05, 0.1) is 20.8 Å². The quantitative estimate of drug-likeness (QED) is 0.508. The van der Waals surface area contributed by atoms with Crippen LogP contribution in [0, 0.1) is 0 Å². The summed E-state index contributed by atoms with van der Waals surface area (Å²) in [5.41, 5.74) is 3.02. The minimum absolute atomic E-state index is 0.730. The molecular weight excluding hydrogens is 404 g/mol. The number of hydrogen-bond donors (Lipinski definition) is 0. The van der Waals surface area contributed by atoms with E-state index in [1.54, 1.807) is 14.2 Å². The Labute approximate surface area is 190 Å². The van der Waals surface area contributed by atoms with E-state index in [4.69, 9.17) is 14.0 Å². The second-order valence-corrected chi connectivity index (χ2v) is 8.14. The van der Waals surface area contributed by atoms with E-state index in [2.05, 4.69) is 39.0 Å². The molecule has 0 spiro atoms. The molecule has 0 N–H and O–H groups in total. The summed E-state index contributed by atoms with van der Waals surface area (Å²) < 4.78 is 16.3. The minimum atomic E-state index is 0.730. The number of rotatable bonds is 9. The topological polar surface area (TPSA) is 54.2 Å². The number of anilines is 1. The molecule has 170 valence electrons. The molecule has 2 heterocycles. The molecule has 32 heavy (non-hydrogen) atoms. The van der Waals surface area contributed by atoms with Crippen LogP contribution in [-0.4, -0.2) is 75.5 Å². The lowest BCUT2D eigenvalue weighted by atomic mass is 10.1. The lowest BCUT2D eigenvalue weighted by Gasteiger charge is -2.36. The molecular formula is C25H32N4O3. The number of aromatic nitrogens is 1. The highest BCUT2D eigenvalue weighted by Gasteiger charge is 2.18. The van der Waals surface area contributed by atoms with E-state index in [1.807, 2.05) is 42.5 Å². The third-order valence-electron chi connectivity index (χ3n) is 5.98. The lowest BCUT2D eigenvalue weighted by molar-refractivity contribution is 0.202. The maximum Gasteiger partial charge on any atom is 0.151 e. The highest BCUT2D eigenvalue weighted by Crippen LogP contribution is 2.29. The second kappa shape index (κ2) is 10.5. The normalized spacial score (nSPS) is 14.7. The summed E-state index contributed by atoms with van der Waals surface area (Å²) in [7, 11) is 5.50. The van der Waals surface area contributed by atoms with Crippen LogP contribution in [0.1, 0.15) is 5.76 Å². The number of para-hydroxylation sites is 1. The molecule has 0 atom stereocenters. The average molecular weight is 437 g/mol. The summed E-state index contributed by atoms with van der Waals surface area (Å²) in [6, 6.07) is 18.2. The third kappa shape index (κ3) is 5.41. The van der Waals surface area contributed by atoms with Crippen LogP contribution in [0.5, 0.6) is 11.5 Å². The zero-order chi connectivity index (χ0) is 22.3. The molecule has 1 aromatic heterocycles. The third-order valence-corrected chi connectivity index (χ3v) is 5.98. The SMILES string of the molecule is COc1ccc(N2CCN(CCN(C)Cc3cc(-c4ccccc4OC)no3)CC2)cc1. The molecule has 1 aliphatic rings. The fourth-order valence-corrected chi connectivity index (χ4v) is 4.05. The Bertz CT molecular complexity index is 981. The van der Waals surface area contributed by atoms with Crippen LogP contribution in [0.2, 0.25) is 0 Å².